The summed E-state index contributed by atoms with van der Waals surface area (Å²) in [6.07, 6.45) is 5.58. The van der Waals surface area contributed by atoms with E-state index in [1.165, 1.54) is 0 Å². The van der Waals surface area contributed by atoms with Crippen molar-refractivity contribution >= 4 is 16.0 Å². The normalized spacial score (nSPS) is 45.0. The molecular formula is C26H44NNaO7S. The van der Waals surface area contributed by atoms with Gasteiger partial charge in [-0.1, -0.05) is 20.8 Å². The van der Waals surface area contributed by atoms with E-state index >= 15 is 0 Å². The van der Waals surface area contributed by atoms with Crippen molar-refractivity contribution in [2.45, 2.75) is 96.9 Å². The third-order valence-electron chi connectivity index (χ3n) is 11.0. The maximum atomic E-state index is 12.2. The number of hydrogen-bond donors (Lipinski definition) is 4. The quantitative estimate of drug-likeness (QED) is 0.241. The molecule has 0 aromatic rings. The molecule has 0 aromatic carbocycles. The molecular weight excluding hydrogens is 493 g/mol. The summed E-state index contributed by atoms with van der Waals surface area (Å²) in [4.78, 5) is 12.2. The summed E-state index contributed by atoms with van der Waals surface area (Å²) < 4.78 is 32.2. The van der Waals surface area contributed by atoms with Gasteiger partial charge in [0.05, 0.1) is 34.2 Å². The number of rotatable bonds is 7. The molecule has 4 N–H and O–H groups in total. The number of carbonyl (C=O) groups excluding carboxylic acids is 1. The van der Waals surface area contributed by atoms with Crippen molar-refractivity contribution in [3.8, 4) is 0 Å². The molecule has 0 bridgehead atoms. The number of amides is 1. The second-order valence-corrected chi connectivity index (χ2v) is 14.2. The molecule has 0 heterocycles. The van der Waals surface area contributed by atoms with E-state index < -0.39 is 28.1 Å². The molecule has 0 spiro atoms. The van der Waals surface area contributed by atoms with Crippen molar-refractivity contribution in [3.63, 3.8) is 0 Å². The van der Waals surface area contributed by atoms with Crippen molar-refractivity contribution in [3.05, 3.63) is 0 Å². The summed E-state index contributed by atoms with van der Waals surface area (Å²) in [7, 11) is -4.35. The number of fused-ring (bicyclic) bond motifs is 5. The molecule has 4 fully saturated rings. The van der Waals surface area contributed by atoms with Crippen molar-refractivity contribution in [2.75, 3.05) is 12.3 Å². The van der Waals surface area contributed by atoms with E-state index in [0.29, 0.717) is 18.8 Å². The van der Waals surface area contributed by atoms with Crippen molar-refractivity contribution in [1.82, 2.24) is 5.32 Å². The Morgan fingerprint density at radius 3 is 2.44 bits per heavy atom. The summed E-state index contributed by atoms with van der Waals surface area (Å²) in [6.45, 7) is 6.48. The van der Waals surface area contributed by atoms with Crippen LogP contribution < -0.4 is 34.9 Å². The van der Waals surface area contributed by atoms with Crippen LogP contribution in [0.25, 0.3) is 0 Å². The van der Waals surface area contributed by atoms with Crippen molar-refractivity contribution < 1.29 is 62.6 Å². The fourth-order valence-electron chi connectivity index (χ4n) is 9.10. The standard InChI is InChI=1S/C26H45NO7S.Na/c1-15(4-7-23(31)27-10-11-35(32,33)34)18-5-6-19-24-20(14-22(30)26(18,19)3)25(2)9-8-17(28)12-16(25)13-21(24)29;/h15-22,24,28-30H,4-14H2,1-3H3,(H,27,31)(H,32,33,34);/q;+1/p-1/t15-,16?,17-,18?,19?,20?,21?,22+,24?,25+,26-;/m1./s1. The van der Waals surface area contributed by atoms with Gasteiger partial charge in [0.25, 0.3) is 0 Å². The Kier molecular flexibility index (Phi) is 9.75. The third-order valence-corrected chi connectivity index (χ3v) is 11.7. The minimum atomic E-state index is -4.35. The predicted molar refractivity (Wildman–Crippen MR) is 130 cm³/mol. The summed E-state index contributed by atoms with van der Waals surface area (Å²) in [5.41, 5.74) is -0.267. The minimum absolute atomic E-state index is 0. The van der Waals surface area contributed by atoms with E-state index in [-0.39, 0.29) is 95.0 Å². The zero-order valence-corrected chi connectivity index (χ0v) is 25.2. The van der Waals surface area contributed by atoms with Crippen molar-refractivity contribution in [1.29, 1.82) is 0 Å². The molecule has 0 radical (unpaired) electrons. The number of aliphatic hydroxyl groups excluding tert-OH is 3. The molecule has 6 unspecified atom stereocenters. The van der Waals surface area contributed by atoms with Gasteiger partial charge in [0.15, 0.2) is 0 Å². The number of hydrogen-bond acceptors (Lipinski definition) is 7. The van der Waals surface area contributed by atoms with E-state index in [0.717, 1.165) is 38.5 Å². The summed E-state index contributed by atoms with van der Waals surface area (Å²) in [5.74, 6) is 0.522. The predicted octanol–water partition coefficient (Wildman–Crippen LogP) is -0.970. The maximum absolute atomic E-state index is 12.2. The smallest absolute Gasteiger partial charge is 0.748 e. The van der Waals surface area contributed by atoms with E-state index in [1.54, 1.807) is 0 Å². The Morgan fingerprint density at radius 1 is 1.08 bits per heavy atom. The molecule has 1 amide bonds. The van der Waals surface area contributed by atoms with Gasteiger partial charge in [0, 0.05) is 13.0 Å². The average Bonchev–Trinajstić information content (AvgIpc) is 3.12. The monoisotopic (exact) mass is 537 g/mol. The van der Waals surface area contributed by atoms with Gasteiger partial charge in [-0.25, -0.2) is 8.42 Å². The summed E-state index contributed by atoms with van der Waals surface area (Å²) in [5, 5.41) is 35.7. The molecule has 36 heavy (non-hydrogen) atoms. The second-order valence-electron chi connectivity index (χ2n) is 12.7. The molecule has 4 aliphatic carbocycles. The molecule has 11 atom stereocenters. The molecule has 4 saturated carbocycles. The fourth-order valence-corrected chi connectivity index (χ4v) is 9.45. The molecule has 202 valence electrons. The number of nitrogens with one attached hydrogen (secondary N) is 1. The van der Waals surface area contributed by atoms with E-state index in [1.807, 2.05) is 0 Å². The first-order valence-electron chi connectivity index (χ1n) is 13.5. The Balaban J connectivity index is 0.00000361. The first-order chi connectivity index (χ1) is 16.3. The van der Waals surface area contributed by atoms with E-state index in [9.17, 15) is 33.1 Å². The van der Waals surface area contributed by atoms with Crippen LogP contribution in [0.1, 0.15) is 78.6 Å². The maximum Gasteiger partial charge on any atom is 1.00 e. The average molecular weight is 538 g/mol. The molecule has 4 aliphatic rings. The topological polar surface area (TPSA) is 147 Å². The first kappa shape index (κ1) is 30.8. The molecule has 4 rings (SSSR count). The molecule has 0 saturated heterocycles. The Morgan fingerprint density at radius 2 is 1.78 bits per heavy atom. The fraction of sp³-hybridized carbons (Fsp3) is 0.962. The zero-order valence-electron chi connectivity index (χ0n) is 22.4. The van der Waals surface area contributed by atoms with Crippen LogP contribution in [0.5, 0.6) is 0 Å². The largest absolute Gasteiger partial charge is 1.00 e. The molecule has 0 aliphatic heterocycles. The van der Waals surface area contributed by atoms with Crippen molar-refractivity contribution in [2.24, 2.45) is 46.3 Å². The second kappa shape index (κ2) is 11.4. The van der Waals surface area contributed by atoms with Crippen LogP contribution in [0.3, 0.4) is 0 Å². The first-order valence-corrected chi connectivity index (χ1v) is 15.1. The third kappa shape index (κ3) is 5.74. The van der Waals surface area contributed by atoms with E-state index in [4.69, 9.17) is 0 Å². The van der Waals surface area contributed by atoms with Crippen LogP contribution in [0, 0.1) is 46.3 Å². The molecule has 8 nitrogen and oxygen atoms in total. The molecule has 10 heteroatoms. The zero-order chi connectivity index (χ0) is 25.8. The van der Waals surface area contributed by atoms with Gasteiger partial charge in [-0.3, -0.25) is 4.79 Å². The Labute approximate surface area is 238 Å². The van der Waals surface area contributed by atoms with Gasteiger partial charge in [-0.15, -0.1) is 0 Å². The van der Waals surface area contributed by atoms with Crippen LogP contribution in [0.4, 0.5) is 0 Å². The van der Waals surface area contributed by atoms with E-state index in [2.05, 4.69) is 26.1 Å². The van der Waals surface area contributed by atoms with Gasteiger partial charge in [-0.05, 0) is 97.7 Å². The van der Waals surface area contributed by atoms with Gasteiger partial charge < -0.3 is 25.2 Å². The minimum Gasteiger partial charge on any atom is -0.748 e. The van der Waals surface area contributed by atoms with Gasteiger partial charge >= 0.3 is 29.6 Å². The Hall–Kier alpha value is 0.260. The van der Waals surface area contributed by atoms with Crippen LogP contribution in [-0.4, -0.2) is 64.8 Å². The van der Waals surface area contributed by atoms with Gasteiger partial charge in [0.1, 0.15) is 0 Å². The van der Waals surface area contributed by atoms with Gasteiger partial charge in [0.2, 0.25) is 5.91 Å². The Bertz CT molecular complexity index is 903. The van der Waals surface area contributed by atoms with Crippen LogP contribution >= 0.6 is 0 Å². The number of aliphatic hydroxyl groups is 3. The van der Waals surface area contributed by atoms with Crippen LogP contribution in [0.2, 0.25) is 0 Å². The number of carbonyl (C=O) groups is 1. The molecule has 0 aromatic heterocycles. The van der Waals surface area contributed by atoms with Crippen LogP contribution in [-0.2, 0) is 14.9 Å². The summed E-state index contributed by atoms with van der Waals surface area (Å²) in [6, 6.07) is 0. The van der Waals surface area contributed by atoms with Gasteiger partial charge in [-0.2, -0.15) is 0 Å². The van der Waals surface area contributed by atoms with Crippen LogP contribution in [0.15, 0.2) is 0 Å². The summed E-state index contributed by atoms with van der Waals surface area (Å²) >= 11 is 0. The SMILES string of the molecule is C[C@H](CCC(=O)NCCS(=O)(=O)[O-])C1CCC2C3C(O)CC4C[C@H](O)CC[C@]4(C)C3C[C@H](O)[C@@]21C.[Na+].